The van der Waals surface area contributed by atoms with Gasteiger partial charge in [0.05, 0.1) is 23.9 Å². The lowest BCUT2D eigenvalue weighted by molar-refractivity contribution is -0.119. The zero-order valence-electron chi connectivity index (χ0n) is 14.6. The van der Waals surface area contributed by atoms with Crippen molar-refractivity contribution in [2.45, 2.75) is 6.42 Å². The third-order valence-corrected chi connectivity index (χ3v) is 4.83. The molecule has 0 spiro atoms. The standard InChI is InChI=1S/C20H16N2O5/c1-27-12-6-7-16-15(10-12)17(23)8-9-21(16)18(24)11-22-19(25)13-4-2-3-5-14(13)20(22)26/h2-7,10H,8-9,11H2,1H3. The molecule has 4 rings (SSSR count). The van der Waals surface area contributed by atoms with Gasteiger partial charge in [-0.05, 0) is 30.3 Å². The highest BCUT2D eigenvalue weighted by molar-refractivity contribution is 6.23. The van der Waals surface area contributed by atoms with Crippen molar-refractivity contribution in [3.05, 3.63) is 59.2 Å². The fraction of sp³-hybridized carbons (Fsp3) is 0.200. The average molecular weight is 364 g/mol. The number of ether oxygens (including phenoxy) is 1. The van der Waals surface area contributed by atoms with E-state index in [-0.39, 0.29) is 25.3 Å². The highest BCUT2D eigenvalue weighted by Crippen LogP contribution is 2.31. The first-order valence-electron chi connectivity index (χ1n) is 8.48. The van der Waals surface area contributed by atoms with E-state index < -0.39 is 17.7 Å². The van der Waals surface area contributed by atoms with E-state index in [2.05, 4.69) is 0 Å². The van der Waals surface area contributed by atoms with Gasteiger partial charge in [0.1, 0.15) is 12.3 Å². The summed E-state index contributed by atoms with van der Waals surface area (Å²) in [4.78, 5) is 52.4. The highest BCUT2D eigenvalue weighted by atomic mass is 16.5. The number of rotatable bonds is 3. The quantitative estimate of drug-likeness (QED) is 0.777. The van der Waals surface area contributed by atoms with Crippen LogP contribution in [0.3, 0.4) is 0 Å². The van der Waals surface area contributed by atoms with Gasteiger partial charge in [-0.2, -0.15) is 0 Å². The summed E-state index contributed by atoms with van der Waals surface area (Å²) in [7, 11) is 1.50. The third-order valence-electron chi connectivity index (χ3n) is 4.83. The van der Waals surface area contributed by atoms with Crippen LogP contribution in [-0.4, -0.2) is 48.6 Å². The number of hydrogen-bond acceptors (Lipinski definition) is 5. The van der Waals surface area contributed by atoms with Crippen molar-refractivity contribution in [3.8, 4) is 5.75 Å². The van der Waals surface area contributed by atoms with E-state index >= 15 is 0 Å². The van der Waals surface area contributed by atoms with Crippen molar-refractivity contribution >= 4 is 29.2 Å². The molecular weight excluding hydrogens is 348 g/mol. The van der Waals surface area contributed by atoms with E-state index in [1.165, 1.54) is 12.0 Å². The van der Waals surface area contributed by atoms with E-state index in [4.69, 9.17) is 4.74 Å². The van der Waals surface area contributed by atoms with E-state index in [0.717, 1.165) is 4.90 Å². The van der Waals surface area contributed by atoms with Crippen LogP contribution >= 0.6 is 0 Å². The summed E-state index contributed by atoms with van der Waals surface area (Å²) in [6.45, 7) is -0.161. The number of Topliss-reactive ketones (excluding diaryl/α,β-unsaturated/α-hetero) is 1. The Labute approximate surface area is 155 Å². The number of nitrogens with zero attached hydrogens (tertiary/aromatic N) is 2. The Kier molecular flexibility index (Phi) is 3.99. The molecule has 2 aliphatic heterocycles. The zero-order valence-corrected chi connectivity index (χ0v) is 14.6. The van der Waals surface area contributed by atoms with E-state index in [0.29, 0.717) is 28.1 Å². The maximum atomic E-state index is 12.9. The Hall–Kier alpha value is -3.48. The van der Waals surface area contributed by atoms with E-state index in [1.807, 2.05) is 0 Å². The van der Waals surface area contributed by atoms with Crippen molar-refractivity contribution in [2.24, 2.45) is 0 Å². The van der Waals surface area contributed by atoms with E-state index in [1.54, 1.807) is 42.5 Å². The number of fused-ring (bicyclic) bond motifs is 2. The van der Waals surface area contributed by atoms with Gasteiger partial charge in [0.25, 0.3) is 11.8 Å². The Morgan fingerprint density at radius 1 is 1.00 bits per heavy atom. The topological polar surface area (TPSA) is 84.0 Å². The molecule has 0 aromatic heterocycles. The smallest absolute Gasteiger partial charge is 0.262 e. The van der Waals surface area contributed by atoms with Crippen LogP contribution in [0.5, 0.6) is 5.75 Å². The molecule has 136 valence electrons. The number of benzene rings is 2. The molecule has 0 saturated heterocycles. The monoisotopic (exact) mass is 364 g/mol. The molecule has 2 aliphatic rings. The minimum absolute atomic E-state index is 0.0753. The summed E-state index contributed by atoms with van der Waals surface area (Å²) in [5.41, 5.74) is 1.47. The summed E-state index contributed by atoms with van der Waals surface area (Å²) in [5, 5.41) is 0. The number of hydrogen-bond donors (Lipinski definition) is 0. The predicted octanol–water partition coefficient (Wildman–Crippen LogP) is 1.91. The van der Waals surface area contributed by atoms with Gasteiger partial charge in [-0.25, -0.2) is 0 Å². The fourth-order valence-corrected chi connectivity index (χ4v) is 3.43. The summed E-state index contributed by atoms with van der Waals surface area (Å²) >= 11 is 0. The van der Waals surface area contributed by atoms with Gasteiger partial charge in [0, 0.05) is 18.5 Å². The van der Waals surface area contributed by atoms with Crippen molar-refractivity contribution < 1.29 is 23.9 Å². The SMILES string of the molecule is COc1ccc2c(c1)C(=O)CCN2C(=O)CN1C(=O)c2ccccc2C1=O. The van der Waals surface area contributed by atoms with Crippen molar-refractivity contribution in [1.29, 1.82) is 0 Å². The average Bonchev–Trinajstić information content (AvgIpc) is 2.93. The maximum Gasteiger partial charge on any atom is 0.262 e. The second-order valence-electron chi connectivity index (χ2n) is 6.34. The number of amides is 3. The highest BCUT2D eigenvalue weighted by Gasteiger charge is 2.38. The van der Waals surface area contributed by atoms with Gasteiger partial charge in [-0.3, -0.25) is 24.1 Å². The molecule has 2 heterocycles. The number of carbonyl (C=O) groups excluding carboxylic acids is 4. The van der Waals surface area contributed by atoms with Gasteiger partial charge in [-0.1, -0.05) is 12.1 Å². The molecule has 0 radical (unpaired) electrons. The second-order valence-corrected chi connectivity index (χ2v) is 6.34. The number of carbonyl (C=O) groups is 4. The zero-order chi connectivity index (χ0) is 19.1. The number of anilines is 1. The number of ketones is 1. The third kappa shape index (κ3) is 2.68. The van der Waals surface area contributed by atoms with Crippen molar-refractivity contribution in [3.63, 3.8) is 0 Å². The number of imide groups is 1. The molecule has 27 heavy (non-hydrogen) atoms. The van der Waals surface area contributed by atoms with Crippen LogP contribution in [0.25, 0.3) is 0 Å². The molecule has 0 unspecified atom stereocenters. The largest absolute Gasteiger partial charge is 0.497 e. The fourth-order valence-electron chi connectivity index (χ4n) is 3.43. The van der Waals surface area contributed by atoms with Crippen LogP contribution in [0, 0.1) is 0 Å². The van der Waals surface area contributed by atoms with E-state index in [9.17, 15) is 19.2 Å². The summed E-state index contributed by atoms with van der Waals surface area (Å²) in [6.07, 6.45) is 0.175. The normalized spacial score (nSPS) is 15.7. The Bertz CT molecular complexity index is 963. The lowest BCUT2D eigenvalue weighted by atomic mass is 10.00. The Balaban J connectivity index is 1.60. The van der Waals surface area contributed by atoms with Crippen LogP contribution in [0.2, 0.25) is 0 Å². The molecule has 0 bridgehead atoms. The molecule has 2 aromatic rings. The van der Waals surface area contributed by atoms with Gasteiger partial charge in [-0.15, -0.1) is 0 Å². The Morgan fingerprint density at radius 3 is 2.30 bits per heavy atom. The molecular formula is C20H16N2O5. The molecule has 2 aromatic carbocycles. The predicted molar refractivity (Wildman–Crippen MR) is 96.1 cm³/mol. The van der Waals surface area contributed by atoms with Crippen LogP contribution in [0.1, 0.15) is 37.5 Å². The molecule has 7 nitrogen and oxygen atoms in total. The molecule has 0 fully saturated rings. The molecule has 3 amide bonds. The minimum Gasteiger partial charge on any atom is -0.497 e. The summed E-state index contributed by atoms with van der Waals surface area (Å²) in [6, 6.07) is 11.4. The van der Waals surface area contributed by atoms with Gasteiger partial charge in [0.2, 0.25) is 5.91 Å². The summed E-state index contributed by atoms with van der Waals surface area (Å²) in [5.74, 6) is -0.923. The van der Waals surface area contributed by atoms with Gasteiger partial charge < -0.3 is 9.64 Å². The summed E-state index contributed by atoms with van der Waals surface area (Å²) < 4.78 is 5.14. The lowest BCUT2D eigenvalue weighted by Gasteiger charge is -2.30. The lowest BCUT2D eigenvalue weighted by Crippen LogP contribution is -2.45. The first-order chi connectivity index (χ1) is 13.0. The van der Waals surface area contributed by atoms with Crippen LogP contribution in [-0.2, 0) is 4.79 Å². The first-order valence-corrected chi connectivity index (χ1v) is 8.48. The molecule has 0 saturated carbocycles. The number of methoxy groups -OCH3 is 1. The maximum absolute atomic E-state index is 12.9. The second kappa shape index (κ2) is 6.35. The first kappa shape index (κ1) is 17.0. The molecule has 0 atom stereocenters. The minimum atomic E-state index is -0.480. The van der Waals surface area contributed by atoms with Crippen LogP contribution in [0.4, 0.5) is 5.69 Å². The molecule has 0 N–H and O–H groups in total. The van der Waals surface area contributed by atoms with Crippen LogP contribution in [0.15, 0.2) is 42.5 Å². The van der Waals surface area contributed by atoms with Crippen molar-refractivity contribution in [2.75, 3.05) is 25.1 Å². The molecule has 7 heteroatoms. The van der Waals surface area contributed by atoms with Gasteiger partial charge in [0.15, 0.2) is 5.78 Å². The van der Waals surface area contributed by atoms with Crippen molar-refractivity contribution in [1.82, 2.24) is 4.90 Å². The van der Waals surface area contributed by atoms with Crippen LogP contribution < -0.4 is 9.64 Å². The van der Waals surface area contributed by atoms with Gasteiger partial charge >= 0.3 is 0 Å². The molecule has 0 aliphatic carbocycles. The Morgan fingerprint density at radius 2 is 1.67 bits per heavy atom.